The Morgan fingerprint density at radius 2 is 2.11 bits per heavy atom. The van der Waals surface area contributed by atoms with Crippen molar-refractivity contribution in [2.45, 2.75) is 5.92 Å². The SMILES string of the molecule is O=C(Nc1cc2nc[nH]c(=O)c2cc1Cl)C1CNCC1c1cccc(Br)c1. The Labute approximate surface area is 168 Å². The van der Waals surface area contributed by atoms with Crippen molar-refractivity contribution in [3.05, 3.63) is 68.1 Å². The molecule has 27 heavy (non-hydrogen) atoms. The largest absolute Gasteiger partial charge is 0.324 e. The quantitative estimate of drug-likeness (QED) is 0.575. The lowest BCUT2D eigenvalue weighted by molar-refractivity contribution is -0.119. The number of nitrogens with one attached hydrogen (secondary N) is 3. The molecule has 0 saturated carbocycles. The van der Waals surface area contributed by atoms with Gasteiger partial charge in [0.05, 0.1) is 33.9 Å². The topological polar surface area (TPSA) is 86.9 Å². The molecule has 8 heteroatoms. The highest BCUT2D eigenvalue weighted by atomic mass is 79.9. The lowest BCUT2D eigenvalue weighted by atomic mass is 9.88. The zero-order valence-corrected chi connectivity index (χ0v) is 16.5. The van der Waals surface area contributed by atoms with Crippen LogP contribution in [-0.2, 0) is 4.79 Å². The van der Waals surface area contributed by atoms with E-state index < -0.39 is 0 Å². The van der Waals surface area contributed by atoms with E-state index in [4.69, 9.17) is 11.6 Å². The molecule has 0 radical (unpaired) electrons. The number of anilines is 1. The number of amides is 1. The first-order chi connectivity index (χ1) is 13.0. The third kappa shape index (κ3) is 3.63. The second kappa shape index (κ2) is 7.42. The van der Waals surface area contributed by atoms with Crippen molar-refractivity contribution in [2.75, 3.05) is 18.4 Å². The number of aromatic amines is 1. The van der Waals surface area contributed by atoms with Gasteiger partial charge in [-0.3, -0.25) is 9.59 Å². The number of halogens is 2. The molecule has 4 rings (SSSR count). The summed E-state index contributed by atoms with van der Waals surface area (Å²) in [6.45, 7) is 1.32. The highest BCUT2D eigenvalue weighted by molar-refractivity contribution is 9.10. The predicted octanol–water partition coefficient (Wildman–Crippen LogP) is 3.28. The highest BCUT2D eigenvalue weighted by Gasteiger charge is 2.34. The van der Waals surface area contributed by atoms with Crippen LogP contribution >= 0.6 is 27.5 Å². The monoisotopic (exact) mass is 446 g/mol. The first-order valence-corrected chi connectivity index (χ1v) is 9.64. The van der Waals surface area contributed by atoms with Gasteiger partial charge >= 0.3 is 0 Å². The summed E-state index contributed by atoms with van der Waals surface area (Å²) in [5.74, 6) is -0.267. The molecule has 6 nitrogen and oxygen atoms in total. The lowest BCUT2D eigenvalue weighted by Gasteiger charge is -2.19. The van der Waals surface area contributed by atoms with Gasteiger partial charge in [-0.2, -0.15) is 0 Å². The number of hydrogen-bond donors (Lipinski definition) is 3. The minimum absolute atomic E-state index is 0.0719. The maximum Gasteiger partial charge on any atom is 0.258 e. The number of rotatable bonds is 3. The van der Waals surface area contributed by atoms with Crippen molar-refractivity contribution in [1.29, 1.82) is 0 Å². The molecule has 0 bridgehead atoms. The molecule has 1 fully saturated rings. The van der Waals surface area contributed by atoms with Crippen molar-refractivity contribution in [2.24, 2.45) is 5.92 Å². The Morgan fingerprint density at radius 1 is 1.26 bits per heavy atom. The third-order valence-electron chi connectivity index (χ3n) is 4.81. The number of carbonyl (C=O) groups excluding carboxylic acids is 1. The van der Waals surface area contributed by atoms with E-state index in [1.165, 1.54) is 12.4 Å². The minimum atomic E-state index is -0.269. The molecule has 2 atom stereocenters. The van der Waals surface area contributed by atoms with Gasteiger partial charge in [-0.05, 0) is 29.8 Å². The van der Waals surface area contributed by atoms with Gasteiger partial charge in [0.15, 0.2) is 0 Å². The summed E-state index contributed by atoms with van der Waals surface area (Å²) in [5, 5.41) is 6.88. The highest BCUT2D eigenvalue weighted by Crippen LogP contribution is 2.32. The van der Waals surface area contributed by atoms with Gasteiger partial charge in [-0.25, -0.2) is 4.98 Å². The summed E-state index contributed by atoms with van der Waals surface area (Å²) in [7, 11) is 0. The summed E-state index contributed by atoms with van der Waals surface area (Å²) < 4.78 is 0.986. The number of fused-ring (bicyclic) bond motifs is 1. The Balaban J connectivity index is 1.61. The van der Waals surface area contributed by atoms with Gasteiger partial charge in [0.1, 0.15) is 0 Å². The van der Waals surface area contributed by atoms with Gasteiger partial charge in [0.25, 0.3) is 5.56 Å². The normalized spacial score (nSPS) is 19.3. The predicted molar refractivity (Wildman–Crippen MR) is 109 cm³/mol. The van der Waals surface area contributed by atoms with Crippen molar-refractivity contribution >= 4 is 50.0 Å². The van der Waals surface area contributed by atoms with E-state index in [9.17, 15) is 9.59 Å². The maximum absolute atomic E-state index is 12.9. The third-order valence-corrected chi connectivity index (χ3v) is 5.62. The fourth-order valence-electron chi connectivity index (χ4n) is 3.45. The molecule has 2 heterocycles. The summed E-state index contributed by atoms with van der Waals surface area (Å²) >= 11 is 9.77. The number of hydrogen-bond acceptors (Lipinski definition) is 4. The van der Waals surface area contributed by atoms with E-state index >= 15 is 0 Å². The Kier molecular flexibility index (Phi) is 4.99. The number of H-pyrrole nitrogens is 1. The van der Waals surface area contributed by atoms with Crippen LogP contribution in [0.2, 0.25) is 5.02 Å². The van der Waals surface area contributed by atoms with E-state index in [0.29, 0.717) is 28.2 Å². The van der Waals surface area contributed by atoms with Crippen LogP contribution in [0.25, 0.3) is 10.9 Å². The minimum Gasteiger partial charge on any atom is -0.324 e. The van der Waals surface area contributed by atoms with Gasteiger partial charge in [0, 0.05) is 23.5 Å². The van der Waals surface area contributed by atoms with E-state index in [0.717, 1.165) is 16.6 Å². The van der Waals surface area contributed by atoms with Crippen molar-refractivity contribution in [3.63, 3.8) is 0 Å². The average Bonchev–Trinajstić information content (AvgIpc) is 3.13. The second-order valence-electron chi connectivity index (χ2n) is 6.50. The van der Waals surface area contributed by atoms with Crippen LogP contribution in [0.4, 0.5) is 5.69 Å². The molecular weight excluding hydrogens is 432 g/mol. The standard InChI is InChI=1S/C19H16BrClN4O2/c20-11-3-1-2-10(4-11)13-7-22-8-14(13)19(27)25-17-6-16-12(5-15(17)21)18(26)24-9-23-16/h1-6,9,13-14,22H,7-8H2,(H,25,27)(H,23,24,26). The van der Waals surface area contributed by atoms with Crippen molar-refractivity contribution in [3.8, 4) is 0 Å². The Hall–Kier alpha value is -2.22. The van der Waals surface area contributed by atoms with E-state index in [2.05, 4.69) is 36.5 Å². The van der Waals surface area contributed by atoms with E-state index in [1.807, 2.05) is 24.3 Å². The number of carbonyl (C=O) groups is 1. The molecule has 3 aromatic rings. The van der Waals surface area contributed by atoms with E-state index in [1.54, 1.807) is 6.07 Å². The molecule has 0 aliphatic carbocycles. The van der Waals surface area contributed by atoms with Crippen LogP contribution in [0.5, 0.6) is 0 Å². The Morgan fingerprint density at radius 3 is 2.93 bits per heavy atom. The zero-order valence-electron chi connectivity index (χ0n) is 14.1. The van der Waals surface area contributed by atoms with Gasteiger partial charge < -0.3 is 15.6 Å². The summed E-state index contributed by atoms with van der Waals surface area (Å²) in [6.07, 6.45) is 1.33. The molecule has 1 saturated heterocycles. The van der Waals surface area contributed by atoms with E-state index in [-0.39, 0.29) is 23.3 Å². The molecule has 1 aromatic heterocycles. The zero-order chi connectivity index (χ0) is 19.0. The Bertz CT molecular complexity index is 1080. The molecule has 2 aromatic carbocycles. The number of benzene rings is 2. The molecule has 138 valence electrons. The number of aromatic nitrogens is 2. The molecule has 1 amide bonds. The fraction of sp³-hybridized carbons (Fsp3) is 0.211. The lowest BCUT2D eigenvalue weighted by Crippen LogP contribution is -2.28. The summed E-state index contributed by atoms with van der Waals surface area (Å²) in [6, 6.07) is 11.2. The molecule has 0 spiro atoms. The molecule has 3 N–H and O–H groups in total. The van der Waals surface area contributed by atoms with Gasteiger partial charge in [0.2, 0.25) is 5.91 Å². The van der Waals surface area contributed by atoms with Crippen LogP contribution in [0.15, 0.2) is 52.0 Å². The maximum atomic E-state index is 12.9. The second-order valence-corrected chi connectivity index (χ2v) is 7.82. The first kappa shape index (κ1) is 18.2. The van der Waals surface area contributed by atoms with Gasteiger partial charge in [-0.15, -0.1) is 0 Å². The molecule has 1 aliphatic rings. The summed E-state index contributed by atoms with van der Waals surface area (Å²) in [4.78, 5) is 31.4. The van der Waals surface area contributed by atoms with Crippen LogP contribution in [0.1, 0.15) is 11.5 Å². The molecule has 2 unspecified atom stereocenters. The van der Waals surface area contributed by atoms with Crippen molar-refractivity contribution < 1.29 is 4.79 Å². The summed E-state index contributed by atoms with van der Waals surface area (Å²) in [5.41, 5.74) is 1.76. The van der Waals surface area contributed by atoms with Crippen LogP contribution in [0, 0.1) is 5.92 Å². The fourth-order valence-corrected chi connectivity index (χ4v) is 4.08. The van der Waals surface area contributed by atoms with Crippen LogP contribution in [0.3, 0.4) is 0 Å². The smallest absolute Gasteiger partial charge is 0.258 e. The number of nitrogens with zero attached hydrogens (tertiary/aromatic N) is 1. The van der Waals surface area contributed by atoms with Crippen LogP contribution in [-0.4, -0.2) is 29.0 Å². The van der Waals surface area contributed by atoms with Crippen molar-refractivity contribution in [1.82, 2.24) is 15.3 Å². The average molecular weight is 448 g/mol. The van der Waals surface area contributed by atoms with Gasteiger partial charge in [-0.1, -0.05) is 39.7 Å². The molecular formula is C19H16BrClN4O2. The molecule has 1 aliphatic heterocycles. The van der Waals surface area contributed by atoms with Crippen LogP contribution < -0.4 is 16.2 Å². The first-order valence-electron chi connectivity index (χ1n) is 8.47.